The normalized spacial score (nSPS) is 12.9. The number of nitrogens with one attached hydrogen (secondary N) is 1. The highest BCUT2D eigenvalue weighted by Gasteiger charge is 2.34. The predicted octanol–water partition coefficient (Wildman–Crippen LogP) is 5.66. The summed E-state index contributed by atoms with van der Waals surface area (Å²) >= 11 is 12.6. The molecule has 39 heavy (non-hydrogen) atoms. The second kappa shape index (κ2) is 13.3. The highest BCUT2D eigenvalue weighted by Crippen LogP contribution is 2.35. The van der Waals surface area contributed by atoms with Gasteiger partial charge >= 0.3 is 0 Å². The van der Waals surface area contributed by atoms with Crippen molar-refractivity contribution in [3.05, 3.63) is 94.2 Å². The number of anilines is 1. The molecule has 0 saturated carbocycles. The molecule has 0 spiro atoms. The van der Waals surface area contributed by atoms with Crippen molar-refractivity contribution in [2.45, 2.75) is 50.7 Å². The van der Waals surface area contributed by atoms with E-state index in [1.165, 1.54) is 55.5 Å². The quantitative estimate of drug-likeness (QED) is 0.311. The summed E-state index contributed by atoms with van der Waals surface area (Å²) in [7, 11) is -4.30. The minimum Gasteiger partial charge on any atom is -0.352 e. The molecular formula is C28H30Cl2FN3O4S. The first-order valence-electron chi connectivity index (χ1n) is 12.3. The van der Waals surface area contributed by atoms with Gasteiger partial charge in [0.15, 0.2) is 0 Å². The topological polar surface area (TPSA) is 86.8 Å². The second-order valence-corrected chi connectivity index (χ2v) is 11.7. The zero-order chi connectivity index (χ0) is 28.7. The van der Waals surface area contributed by atoms with Gasteiger partial charge < -0.3 is 10.2 Å². The third kappa shape index (κ3) is 7.29. The van der Waals surface area contributed by atoms with E-state index in [1.54, 1.807) is 24.3 Å². The van der Waals surface area contributed by atoms with Gasteiger partial charge in [0.05, 0.1) is 20.6 Å². The Morgan fingerprint density at radius 1 is 0.949 bits per heavy atom. The van der Waals surface area contributed by atoms with E-state index in [-0.39, 0.29) is 38.8 Å². The van der Waals surface area contributed by atoms with Crippen LogP contribution >= 0.6 is 23.2 Å². The molecule has 208 valence electrons. The first-order valence-corrected chi connectivity index (χ1v) is 14.5. The number of carbonyl (C=O) groups excluding carboxylic acids is 2. The molecule has 0 radical (unpaired) electrons. The molecule has 0 aliphatic carbocycles. The van der Waals surface area contributed by atoms with Gasteiger partial charge in [-0.25, -0.2) is 12.8 Å². The molecule has 0 aliphatic heterocycles. The molecule has 0 unspecified atom stereocenters. The highest BCUT2D eigenvalue weighted by molar-refractivity contribution is 7.92. The van der Waals surface area contributed by atoms with E-state index in [0.29, 0.717) is 6.42 Å². The van der Waals surface area contributed by atoms with E-state index < -0.39 is 40.2 Å². The Morgan fingerprint density at radius 2 is 1.59 bits per heavy atom. The SMILES string of the molecule is CC[C@H](C)NC(=O)[C@@H](C)N(Cc1ccccc1F)C(=O)CN(c1cccc(Cl)c1Cl)S(=O)(=O)c1ccccc1. The molecule has 1 N–H and O–H groups in total. The number of sulfonamides is 1. The zero-order valence-corrected chi connectivity index (χ0v) is 24.1. The van der Waals surface area contributed by atoms with Gasteiger partial charge in [0.25, 0.3) is 10.0 Å². The standard InChI is InChI=1S/C28H30Cl2FN3O4S/c1-4-19(2)32-28(36)20(3)33(17-21-11-8-9-15-24(21)31)26(35)18-34(25-16-10-14-23(29)27(25)30)39(37,38)22-12-6-5-7-13-22/h5-16,19-20H,4,17-18H2,1-3H3,(H,32,36)/t19-,20+/m0/s1. The Bertz CT molecular complexity index is 1420. The Balaban J connectivity index is 2.07. The molecule has 3 rings (SSSR count). The summed E-state index contributed by atoms with van der Waals surface area (Å²) in [5, 5.41) is 2.86. The van der Waals surface area contributed by atoms with Gasteiger partial charge in [0, 0.05) is 18.2 Å². The number of nitrogens with zero attached hydrogens (tertiary/aromatic N) is 2. The smallest absolute Gasteiger partial charge is 0.264 e. The summed E-state index contributed by atoms with van der Waals surface area (Å²) < 4.78 is 43.0. The van der Waals surface area contributed by atoms with Gasteiger partial charge in [-0.05, 0) is 50.6 Å². The number of amides is 2. The van der Waals surface area contributed by atoms with Crippen molar-refractivity contribution in [2.75, 3.05) is 10.8 Å². The van der Waals surface area contributed by atoms with Crippen LogP contribution in [-0.2, 0) is 26.2 Å². The summed E-state index contributed by atoms with van der Waals surface area (Å²) in [6.45, 7) is 4.26. The molecule has 0 aliphatic rings. The number of halogens is 3. The van der Waals surface area contributed by atoms with Crippen LogP contribution in [0.2, 0.25) is 10.0 Å². The van der Waals surface area contributed by atoms with Crippen LogP contribution in [0.15, 0.2) is 77.7 Å². The van der Waals surface area contributed by atoms with Crippen molar-refractivity contribution in [1.29, 1.82) is 0 Å². The largest absolute Gasteiger partial charge is 0.352 e. The second-order valence-electron chi connectivity index (χ2n) is 9.00. The zero-order valence-electron chi connectivity index (χ0n) is 21.8. The molecule has 0 saturated heterocycles. The molecule has 0 fully saturated rings. The molecule has 11 heteroatoms. The molecule has 0 bridgehead atoms. The van der Waals surface area contributed by atoms with E-state index in [9.17, 15) is 22.4 Å². The fourth-order valence-corrected chi connectivity index (χ4v) is 5.67. The summed E-state index contributed by atoms with van der Waals surface area (Å²) in [6.07, 6.45) is 0.663. The molecule has 3 aromatic carbocycles. The van der Waals surface area contributed by atoms with Crippen molar-refractivity contribution in [2.24, 2.45) is 0 Å². The van der Waals surface area contributed by atoms with Crippen LogP contribution in [0.1, 0.15) is 32.8 Å². The lowest BCUT2D eigenvalue weighted by atomic mass is 10.1. The lowest BCUT2D eigenvalue weighted by Crippen LogP contribution is -2.52. The van der Waals surface area contributed by atoms with Crippen LogP contribution in [0.3, 0.4) is 0 Å². The highest BCUT2D eigenvalue weighted by atomic mass is 35.5. The summed E-state index contributed by atoms with van der Waals surface area (Å²) in [5.74, 6) is -1.75. The maximum Gasteiger partial charge on any atom is 0.264 e. The molecule has 2 amide bonds. The van der Waals surface area contributed by atoms with Crippen molar-refractivity contribution < 1.29 is 22.4 Å². The van der Waals surface area contributed by atoms with Crippen molar-refractivity contribution in [3.8, 4) is 0 Å². The third-order valence-electron chi connectivity index (χ3n) is 6.28. The number of rotatable bonds is 11. The van der Waals surface area contributed by atoms with E-state index in [0.717, 1.165) is 9.21 Å². The molecular weight excluding hydrogens is 564 g/mol. The van der Waals surface area contributed by atoms with Gasteiger partial charge in [-0.2, -0.15) is 0 Å². The lowest BCUT2D eigenvalue weighted by Gasteiger charge is -2.32. The Labute approximate surface area is 238 Å². The van der Waals surface area contributed by atoms with E-state index >= 15 is 0 Å². The van der Waals surface area contributed by atoms with E-state index in [2.05, 4.69) is 5.32 Å². The molecule has 0 aromatic heterocycles. The Hall–Kier alpha value is -3.14. The molecule has 7 nitrogen and oxygen atoms in total. The molecule has 2 atom stereocenters. The summed E-state index contributed by atoms with van der Waals surface area (Å²) in [5.41, 5.74) is 0.163. The van der Waals surface area contributed by atoms with Crippen LogP contribution in [-0.4, -0.2) is 43.8 Å². The first-order chi connectivity index (χ1) is 18.5. The summed E-state index contributed by atoms with van der Waals surface area (Å²) in [6, 6.07) is 16.7. The fourth-order valence-electron chi connectivity index (χ4n) is 3.78. The van der Waals surface area contributed by atoms with Gasteiger partial charge in [-0.3, -0.25) is 13.9 Å². The summed E-state index contributed by atoms with van der Waals surface area (Å²) in [4.78, 5) is 28.0. The lowest BCUT2D eigenvalue weighted by molar-refractivity contribution is -0.139. The van der Waals surface area contributed by atoms with Crippen LogP contribution in [0.4, 0.5) is 10.1 Å². The average Bonchev–Trinajstić information content (AvgIpc) is 2.92. The van der Waals surface area contributed by atoms with Gasteiger partial charge in [0.2, 0.25) is 11.8 Å². The maximum absolute atomic E-state index is 14.6. The number of hydrogen-bond donors (Lipinski definition) is 1. The minimum absolute atomic E-state index is 0.0103. The van der Waals surface area contributed by atoms with E-state index in [1.807, 2.05) is 13.8 Å². The fraction of sp³-hybridized carbons (Fsp3) is 0.286. The number of benzene rings is 3. The van der Waals surface area contributed by atoms with Crippen LogP contribution in [0.5, 0.6) is 0 Å². The Morgan fingerprint density at radius 3 is 2.23 bits per heavy atom. The van der Waals surface area contributed by atoms with Crippen LogP contribution in [0.25, 0.3) is 0 Å². The Kier molecular flexibility index (Phi) is 10.4. The maximum atomic E-state index is 14.6. The molecule has 3 aromatic rings. The van der Waals surface area contributed by atoms with Gasteiger partial charge in [-0.15, -0.1) is 0 Å². The van der Waals surface area contributed by atoms with Crippen molar-refractivity contribution >= 4 is 50.7 Å². The van der Waals surface area contributed by atoms with Crippen LogP contribution in [0, 0.1) is 5.82 Å². The number of carbonyl (C=O) groups is 2. The van der Waals surface area contributed by atoms with Gasteiger partial charge in [-0.1, -0.05) is 72.6 Å². The van der Waals surface area contributed by atoms with Crippen molar-refractivity contribution in [3.63, 3.8) is 0 Å². The van der Waals surface area contributed by atoms with Crippen LogP contribution < -0.4 is 9.62 Å². The number of hydrogen-bond acceptors (Lipinski definition) is 4. The average molecular weight is 595 g/mol. The monoisotopic (exact) mass is 593 g/mol. The first kappa shape index (κ1) is 30.4. The predicted molar refractivity (Wildman–Crippen MR) is 152 cm³/mol. The van der Waals surface area contributed by atoms with Crippen molar-refractivity contribution in [1.82, 2.24) is 10.2 Å². The minimum atomic E-state index is -4.30. The van der Waals surface area contributed by atoms with Gasteiger partial charge in [0.1, 0.15) is 18.4 Å². The van der Waals surface area contributed by atoms with E-state index in [4.69, 9.17) is 23.2 Å². The molecule has 0 heterocycles. The third-order valence-corrected chi connectivity index (χ3v) is 8.86.